The molecule has 1 aliphatic heterocycles. The molecule has 70 valence electrons. The highest BCUT2D eigenvalue weighted by Crippen LogP contribution is 2.40. The van der Waals surface area contributed by atoms with Crippen LogP contribution in [-0.4, -0.2) is 34.7 Å². The van der Waals surface area contributed by atoms with Crippen molar-refractivity contribution in [3.05, 3.63) is 0 Å². The normalized spacial score (nSPS) is 35.0. The van der Waals surface area contributed by atoms with Gasteiger partial charge in [0, 0.05) is 6.04 Å². The Morgan fingerprint density at radius 3 is 2.67 bits per heavy atom. The van der Waals surface area contributed by atoms with Crippen LogP contribution in [0.25, 0.3) is 0 Å². The van der Waals surface area contributed by atoms with Gasteiger partial charge in [-0.25, -0.2) is 0 Å². The van der Waals surface area contributed by atoms with E-state index in [1.165, 1.54) is 25.8 Å². The van der Waals surface area contributed by atoms with E-state index in [9.17, 15) is 5.11 Å². The number of likely N-dealkylation sites (N-methyl/N-ethyl adjacent to an activating group) is 1. The highest BCUT2D eigenvalue weighted by Gasteiger charge is 2.45. The van der Waals surface area contributed by atoms with Crippen molar-refractivity contribution in [2.24, 2.45) is 0 Å². The minimum Gasteiger partial charge on any atom is -0.388 e. The molecule has 0 aromatic rings. The molecule has 0 amide bonds. The average molecular weight is 169 g/mol. The first-order valence-electron chi connectivity index (χ1n) is 5.23. The van der Waals surface area contributed by atoms with E-state index in [1.807, 2.05) is 0 Å². The molecule has 1 atom stereocenters. The van der Waals surface area contributed by atoms with Crippen LogP contribution in [0.1, 0.15) is 39.0 Å². The monoisotopic (exact) mass is 169 g/mol. The Balaban J connectivity index is 2.01. The topological polar surface area (TPSA) is 23.5 Å². The van der Waals surface area contributed by atoms with E-state index >= 15 is 0 Å². The molecule has 0 aromatic carbocycles. The van der Waals surface area contributed by atoms with E-state index in [0.29, 0.717) is 6.04 Å². The minimum absolute atomic E-state index is 0.299. The van der Waals surface area contributed by atoms with Crippen LogP contribution in [0, 0.1) is 0 Å². The van der Waals surface area contributed by atoms with Crippen molar-refractivity contribution in [3.63, 3.8) is 0 Å². The molecule has 0 bridgehead atoms. The Labute approximate surface area is 74.6 Å². The van der Waals surface area contributed by atoms with Gasteiger partial charge in [-0.1, -0.05) is 6.92 Å². The van der Waals surface area contributed by atoms with Gasteiger partial charge < -0.3 is 5.11 Å². The first kappa shape index (κ1) is 8.52. The molecule has 1 saturated carbocycles. The van der Waals surface area contributed by atoms with Crippen LogP contribution in [0.15, 0.2) is 0 Å². The van der Waals surface area contributed by atoms with E-state index in [0.717, 1.165) is 19.4 Å². The summed E-state index contributed by atoms with van der Waals surface area (Å²) in [6, 6.07) is 0.483. The molecule has 2 rings (SSSR count). The van der Waals surface area contributed by atoms with Gasteiger partial charge in [0.05, 0.1) is 5.60 Å². The first-order valence-corrected chi connectivity index (χ1v) is 5.23. The van der Waals surface area contributed by atoms with Gasteiger partial charge in [-0.2, -0.15) is 0 Å². The number of hydrogen-bond acceptors (Lipinski definition) is 2. The van der Waals surface area contributed by atoms with E-state index in [-0.39, 0.29) is 5.60 Å². The van der Waals surface area contributed by atoms with Crippen LogP contribution in [-0.2, 0) is 0 Å². The van der Waals surface area contributed by atoms with E-state index in [4.69, 9.17) is 0 Å². The summed E-state index contributed by atoms with van der Waals surface area (Å²) >= 11 is 0. The summed E-state index contributed by atoms with van der Waals surface area (Å²) in [7, 11) is 0. The second kappa shape index (κ2) is 3.00. The maximum atomic E-state index is 10.2. The molecular formula is C10H19NO. The highest BCUT2D eigenvalue weighted by atomic mass is 16.3. The zero-order valence-electron chi connectivity index (χ0n) is 7.92. The van der Waals surface area contributed by atoms with Gasteiger partial charge in [0.25, 0.3) is 0 Å². The standard InChI is InChI=1S/C10H19NO/c1-2-11-8-3-5-9(11)10(12)6-4-7-10/h9,12H,2-8H2,1H3. The van der Waals surface area contributed by atoms with Crippen LogP contribution in [0.3, 0.4) is 0 Å². The van der Waals surface area contributed by atoms with Crippen LogP contribution in [0.2, 0.25) is 0 Å². The Morgan fingerprint density at radius 1 is 1.42 bits per heavy atom. The number of hydrogen-bond donors (Lipinski definition) is 1. The van der Waals surface area contributed by atoms with Gasteiger partial charge in [0.1, 0.15) is 0 Å². The highest BCUT2D eigenvalue weighted by molar-refractivity contribution is 5.01. The van der Waals surface area contributed by atoms with Crippen LogP contribution < -0.4 is 0 Å². The SMILES string of the molecule is CCN1CCCC1C1(O)CCC1. The second-order valence-electron chi connectivity index (χ2n) is 4.24. The molecule has 1 heterocycles. The summed E-state index contributed by atoms with van der Waals surface area (Å²) in [6.07, 6.45) is 5.79. The fourth-order valence-electron chi connectivity index (χ4n) is 2.69. The number of nitrogens with zero attached hydrogens (tertiary/aromatic N) is 1. The van der Waals surface area contributed by atoms with Crippen molar-refractivity contribution in [3.8, 4) is 0 Å². The fraction of sp³-hybridized carbons (Fsp3) is 1.00. The molecule has 12 heavy (non-hydrogen) atoms. The Hall–Kier alpha value is -0.0800. The third-order valence-corrected chi connectivity index (χ3v) is 3.61. The van der Waals surface area contributed by atoms with Crippen LogP contribution in [0.5, 0.6) is 0 Å². The molecule has 2 fully saturated rings. The molecule has 1 saturated heterocycles. The summed E-state index contributed by atoms with van der Waals surface area (Å²) in [4.78, 5) is 2.44. The largest absolute Gasteiger partial charge is 0.388 e. The van der Waals surface area contributed by atoms with Gasteiger partial charge in [0.2, 0.25) is 0 Å². The lowest BCUT2D eigenvalue weighted by atomic mass is 9.74. The van der Waals surface area contributed by atoms with Gasteiger partial charge in [-0.15, -0.1) is 0 Å². The van der Waals surface area contributed by atoms with Crippen LogP contribution >= 0.6 is 0 Å². The Bertz CT molecular complexity index is 165. The summed E-state index contributed by atoms with van der Waals surface area (Å²) in [6.45, 7) is 4.50. The molecule has 2 nitrogen and oxygen atoms in total. The summed E-state index contributed by atoms with van der Waals surface area (Å²) in [5.74, 6) is 0. The maximum Gasteiger partial charge on any atom is 0.0802 e. The zero-order chi connectivity index (χ0) is 8.60. The predicted molar refractivity (Wildman–Crippen MR) is 49.1 cm³/mol. The van der Waals surface area contributed by atoms with Crippen molar-refractivity contribution in [1.29, 1.82) is 0 Å². The molecule has 0 aromatic heterocycles. The fourth-order valence-corrected chi connectivity index (χ4v) is 2.69. The maximum absolute atomic E-state index is 10.2. The Kier molecular flexibility index (Phi) is 2.13. The summed E-state index contributed by atoms with van der Waals surface area (Å²) in [5, 5.41) is 10.2. The number of rotatable bonds is 2. The minimum atomic E-state index is -0.299. The van der Waals surface area contributed by atoms with Gasteiger partial charge in [0.15, 0.2) is 0 Å². The zero-order valence-corrected chi connectivity index (χ0v) is 7.92. The van der Waals surface area contributed by atoms with Crippen LogP contribution in [0.4, 0.5) is 0 Å². The molecular weight excluding hydrogens is 150 g/mol. The van der Waals surface area contributed by atoms with Gasteiger partial charge >= 0.3 is 0 Å². The second-order valence-corrected chi connectivity index (χ2v) is 4.24. The summed E-state index contributed by atoms with van der Waals surface area (Å²) in [5.41, 5.74) is -0.299. The number of aliphatic hydroxyl groups is 1. The van der Waals surface area contributed by atoms with Crippen molar-refractivity contribution in [1.82, 2.24) is 4.90 Å². The molecule has 2 heteroatoms. The van der Waals surface area contributed by atoms with Gasteiger partial charge in [-0.05, 0) is 45.2 Å². The lowest BCUT2D eigenvalue weighted by Crippen LogP contribution is -2.53. The first-order chi connectivity index (χ1) is 5.76. The molecule has 1 unspecified atom stereocenters. The van der Waals surface area contributed by atoms with Gasteiger partial charge in [-0.3, -0.25) is 4.90 Å². The van der Waals surface area contributed by atoms with E-state index < -0.39 is 0 Å². The molecule has 1 aliphatic carbocycles. The quantitative estimate of drug-likeness (QED) is 0.675. The molecule has 0 radical (unpaired) electrons. The van der Waals surface area contributed by atoms with E-state index in [1.54, 1.807) is 0 Å². The van der Waals surface area contributed by atoms with Crippen molar-refractivity contribution in [2.75, 3.05) is 13.1 Å². The van der Waals surface area contributed by atoms with E-state index in [2.05, 4.69) is 11.8 Å². The van der Waals surface area contributed by atoms with Crippen molar-refractivity contribution in [2.45, 2.75) is 50.7 Å². The number of likely N-dealkylation sites (tertiary alicyclic amines) is 1. The lowest BCUT2D eigenvalue weighted by molar-refractivity contribution is -0.0901. The van der Waals surface area contributed by atoms with Crippen molar-refractivity contribution >= 4 is 0 Å². The van der Waals surface area contributed by atoms with Crippen molar-refractivity contribution < 1.29 is 5.11 Å². The third-order valence-electron chi connectivity index (χ3n) is 3.61. The third kappa shape index (κ3) is 1.17. The molecule has 0 spiro atoms. The lowest BCUT2D eigenvalue weighted by Gasteiger charge is -2.45. The Morgan fingerprint density at radius 2 is 2.17 bits per heavy atom. The molecule has 1 N–H and O–H groups in total. The smallest absolute Gasteiger partial charge is 0.0802 e. The molecule has 2 aliphatic rings. The average Bonchev–Trinajstić information content (AvgIpc) is 2.47. The summed E-state index contributed by atoms with van der Waals surface area (Å²) < 4.78 is 0. The predicted octanol–water partition coefficient (Wildman–Crippen LogP) is 1.39.